The van der Waals surface area contributed by atoms with Crippen molar-refractivity contribution in [2.24, 2.45) is 17.8 Å². The molecule has 1 aromatic rings. The summed E-state index contributed by atoms with van der Waals surface area (Å²) in [6.07, 6.45) is 11.6. The number of carbonyl (C=O) groups is 3. The summed E-state index contributed by atoms with van der Waals surface area (Å²) >= 11 is 1.50. The molecule has 1 fully saturated rings. The molecule has 6 nitrogen and oxygen atoms in total. The number of hydrogen-bond donors (Lipinski definition) is 3. The van der Waals surface area contributed by atoms with Gasteiger partial charge in [-0.1, -0.05) is 31.9 Å². The highest BCUT2D eigenvalue weighted by Gasteiger charge is 2.36. The Balaban J connectivity index is 1.60. The van der Waals surface area contributed by atoms with Crippen LogP contribution < -0.4 is 10.6 Å². The van der Waals surface area contributed by atoms with E-state index in [4.69, 9.17) is 0 Å². The molecule has 7 heteroatoms. The fourth-order valence-corrected chi connectivity index (χ4v) is 6.40. The van der Waals surface area contributed by atoms with Crippen molar-refractivity contribution in [3.8, 4) is 0 Å². The van der Waals surface area contributed by atoms with Gasteiger partial charge in [0, 0.05) is 10.9 Å². The van der Waals surface area contributed by atoms with E-state index in [1.807, 2.05) is 12.2 Å². The zero-order valence-electron chi connectivity index (χ0n) is 17.4. The highest BCUT2D eigenvalue weighted by atomic mass is 32.1. The molecule has 0 aromatic carbocycles. The summed E-state index contributed by atoms with van der Waals surface area (Å²) in [5.41, 5.74) is 1.68. The summed E-state index contributed by atoms with van der Waals surface area (Å²) in [6.45, 7) is 2.21. The molecule has 3 N–H and O–H groups in total. The Morgan fingerprint density at radius 2 is 1.77 bits per heavy atom. The van der Waals surface area contributed by atoms with Crippen molar-refractivity contribution in [2.45, 2.75) is 70.8 Å². The lowest BCUT2D eigenvalue weighted by atomic mass is 9.82. The smallest absolute Gasteiger partial charge is 0.307 e. The van der Waals surface area contributed by atoms with Crippen molar-refractivity contribution >= 4 is 34.1 Å². The van der Waals surface area contributed by atoms with Gasteiger partial charge in [-0.25, -0.2) is 0 Å². The Hall–Kier alpha value is -2.15. The molecule has 1 heterocycles. The summed E-state index contributed by atoms with van der Waals surface area (Å²) in [4.78, 5) is 39.0. The van der Waals surface area contributed by atoms with Crippen molar-refractivity contribution in [3.63, 3.8) is 0 Å². The van der Waals surface area contributed by atoms with Crippen LogP contribution >= 0.6 is 11.3 Å². The molecule has 0 bridgehead atoms. The normalized spacial score (nSPS) is 26.2. The quantitative estimate of drug-likeness (QED) is 0.612. The Bertz CT molecular complexity index is 869. The summed E-state index contributed by atoms with van der Waals surface area (Å²) in [5, 5.41) is 16.2. The van der Waals surface area contributed by atoms with Crippen molar-refractivity contribution in [2.75, 3.05) is 5.32 Å². The van der Waals surface area contributed by atoms with Crippen LogP contribution in [0, 0.1) is 17.8 Å². The van der Waals surface area contributed by atoms with Gasteiger partial charge in [0.1, 0.15) is 5.00 Å². The maximum Gasteiger partial charge on any atom is 0.307 e. The van der Waals surface area contributed by atoms with Gasteiger partial charge in [-0.05, 0) is 56.4 Å². The molecule has 30 heavy (non-hydrogen) atoms. The third kappa shape index (κ3) is 4.31. The number of anilines is 1. The van der Waals surface area contributed by atoms with Crippen molar-refractivity contribution in [1.82, 2.24) is 5.32 Å². The number of carbonyl (C=O) groups excluding carboxylic acids is 2. The number of carboxylic acids is 1. The minimum absolute atomic E-state index is 0.0948. The Labute approximate surface area is 181 Å². The van der Waals surface area contributed by atoms with Gasteiger partial charge in [0.25, 0.3) is 5.91 Å². The van der Waals surface area contributed by atoms with Gasteiger partial charge in [0.05, 0.1) is 17.4 Å². The standard InChI is InChI=1S/C23H30N2O4S/c1-13-10-11-17-18(12-13)30-22(19(17)21(27)24-14-6-2-3-7-14)25-20(26)15-8-4-5-9-16(15)23(28)29/h4-5,13-16H,2-3,6-12H2,1H3,(H,24,27)(H,25,26)(H,28,29)/t13-,15-,16+/m1/s1. The van der Waals surface area contributed by atoms with Crippen LogP contribution in [-0.4, -0.2) is 28.9 Å². The molecule has 0 saturated heterocycles. The second-order valence-electron chi connectivity index (χ2n) is 8.99. The number of rotatable bonds is 5. The summed E-state index contributed by atoms with van der Waals surface area (Å²) in [6, 6.07) is 0.207. The average Bonchev–Trinajstić information content (AvgIpc) is 3.34. The van der Waals surface area contributed by atoms with E-state index >= 15 is 0 Å². The molecule has 1 saturated carbocycles. The van der Waals surface area contributed by atoms with E-state index in [-0.39, 0.29) is 17.9 Å². The first-order valence-electron chi connectivity index (χ1n) is 11.1. The average molecular weight is 431 g/mol. The summed E-state index contributed by atoms with van der Waals surface area (Å²) in [7, 11) is 0. The van der Waals surface area contributed by atoms with Crippen LogP contribution in [0.5, 0.6) is 0 Å². The zero-order chi connectivity index (χ0) is 21.3. The highest BCUT2D eigenvalue weighted by molar-refractivity contribution is 7.17. The van der Waals surface area contributed by atoms with Gasteiger partial charge in [0.2, 0.25) is 5.91 Å². The number of amides is 2. The number of thiophene rings is 1. The Morgan fingerprint density at radius 1 is 1.07 bits per heavy atom. The van der Waals surface area contributed by atoms with E-state index in [2.05, 4.69) is 17.6 Å². The lowest BCUT2D eigenvalue weighted by Crippen LogP contribution is -2.36. The molecule has 3 atom stereocenters. The molecule has 4 rings (SSSR count). The molecule has 0 radical (unpaired) electrons. The molecular weight excluding hydrogens is 400 g/mol. The molecule has 162 valence electrons. The van der Waals surface area contributed by atoms with E-state index in [0.29, 0.717) is 29.3 Å². The van der Waals surface area contributed by atoms with Crippen molar-refractivity contribution in [1.29, 1.82) is 0 Å². The monoisotopic (exact) mass is 430 g/mol. The zero-order valence-corrected chi connectivity index (χ0v) is 18.2. The molecule has 0 spiro atoms. The fraction of sp³-hybridized carbons (Fsp3) is 0.609. The lowest BCUT2D eigenvalue weighted by molar-refractivity contribution is -0.146. The predicted molar refractivity (Wildman–Crippen MR) is 117 cm³/mol. The molecule has 2 amide bonds. The molecular formula is C23H30N2O4S. The van der Waals surface area contributed by atoms with Gasteiger partial charge in [-0.2, -0.15) is 0 Å². The number of aliphatic carboxylic acids is 1. The maximum absolute atomic E-state index is 13.2. The molecule has 0 unspecified atom stereocenters. The van der Waals surface area contributed by atoms with Crippen LogP contribution in [0.2, 0.25) is 0 Å². The van der Waals surface area contributed by atoms with E-state index in [9.17, 15) is 19.5 Å². The Morgan fingerprint density at radius 3 is 2.47 bits per heavy atom. The first kappa shape index (κ1) is 21.1. The SMILES string of the molecule is C[C@@H]1CCc2c(sc(NC(=O)[C@@H]3CC=CC[C@@H]3C(=O)O)c2C(=O)NC2CCCC2)C1. The molecule has 3 aliphatic rings. The minimum Gasteiger partial charge on any atom is -0.481 e. The second kappa shape index (κ2) is 8.92. The van der Waals surface area contributed by atoms with Gasteiger partial charge in [-0.3, -0.25) is 14.4 Å². The summed E-state index contributed by atoms with van der Waals surface area (Å²) in [5.74, 6) is -2.11. The van der Waals surface area contributed by atoms with Crippen molar-refractivity contribution < 1.29 is 19.5 Å². The van der Waals surface area contributed by atoms with E-state index in [1.165, 1.54) is 16.2 Å². The van der Waals surface area contributed by atoms with Crippen LogP contribution in [0.1, 0.15) is 72.7 Å². The number of fused-ring (bicyclic) bond motifs is 1. The van der Waals surface area contributed by atoms with Crippen molar-refractivity contribution in [3.05, 3.63) is 28.2 Å². The van der Waals surface area contributed by atoms with Crippen LogP contribution in [0.25, 0.3) is 0 Å². The first-order chi connectivity index (χ1) is 14.4. The molecule has 1 aromatic heterocycles. The van der Waals surface area contributed by atoms with E-state index < -0.39 is 17.8 Å². The van der Waals surface area contributed by atoms with Gasteiger partial charge >= 0.3 is 5.97 Å². The van der Waals surface area contributed by atoms with Crippen LogP contribution in [0.3, 0.4) is 0 Å². The molecule has 0 aliphatic heterocycles. The van der Waals surface area contributed by atoms with E-state index in [1.54, 1.807) is 0 Å². The largest absolute Gasteiger partial charge is 0.481 e. The third-order valence-electron chi connectivity index (χ3n) is 6.75. The Kier molecular flexibility index (Phi) is 6.27. The first-order valence-corrected chi connectivity index (χ1v) is 11.9. The predicted octanol–water partition coefficient (Wildman–Crippen LogP) is 4.15. The van der Waals surface area contributed by atoms with Gasteiger partial charge in [0.15, 0.2) is 0 Å². The third-order valence-corrected chi connectivity index (χ3v) is 7.92. The highest BCUT2D eigenvalue weighted by Crippen LogP contribution is 2.40. The van der Waals surface area contributed by atoms with Crippen LogP contribution in [-0.2, 0) is 22.4 Å². The topological polar surface area (TPSA) is 95.5 Å². The van der Waals surface area contributed by atoms with Gasteiger partial charge < -0.3 is 15.7 Å². The van der Waals surface area contributed by atoms with Gasteiger partial charge in [-0.15, -0.1) is 11.3 Å². The minimum atomic E-state index is -0.946. The second-order valence-corrected chi connectivity index (χ2v) is 10.1. The maximum atomic E-state index is 13.2. The number of nitrogens with one attached hydrogen (secondary N) is 2. The molecule has 3 aliphatic carbocycles. The lowest BCUT2D eigenvalue weighted by Gasteiger charge is -2.24. The number of hydrogen-bond acceptors (Lipinski definition) is 4. The number of allylic oxidation sites excluding steroid dienone is 2. The van der Waals surface area contributed by atoms with Crippen LogP contribution in [0.15, 0.2) is 12.2 Å². The fourth-order valence-electron chi connectivity index (χ4n) is 4.99. The number of carboxylic acid groups (broad SMARTS) is 1. The summed E-state index contributed by atoms with van der Waals surface area (Å²) < 4.78 is 0. The van der Waals surface area contributed by atoms with Crippen LogP contribution in [0.4, 0.5) is 5.00 Å². The van der Waals surface area contributed by atoms with E-state index in [0.717, 1.165) is 50.5 Å².